The molecule has 0 unspecified atom stereocenters. The van der Waals surface area contributed by atoms with Crippen molar-refractivity contribution in [3.8, 4) is 11.1 Å². The maximum atomic E-state index is 13.1. The molecule has 1 saturated heterocycles. The standard InChI is InChI=1S/C30H32N2O4/c1-3-31(4-2)21-15-13-20(14-16-21)26-17-32(18-27(26)29(33)34)30(35)36-19-28-24-11-7-5-9-22(24)23-10-6-8-12-25(23)28/h5-16,26-28H,3-4,17-19H2,1-2H3,(H,33,34)/t26-,27+/m0/s1. The van der Waals surface area contributed by atoms with Gasteiger partial charge in [0.1, 0.15) is 6.61 Å². The maximum Gasteiger partial charge on any atom is 0.409 e. The second kappa shape index (κ2) is 10.1. The summed E-state index contributed by atoms with van der Waals surface area (Å²) in [5.74, 6) is -1.84. The van der Waals surface area contributed by atoms with Crippen LogP contribution in [0.25, 0.3) is 11.1 Å². The molecule has 5 rings (SSSR count). The summed E-state index contributed by atoms with van der Waals surface area (Å²) in [5, 5.41) is 9.90. The molecule has 186 valence electrons. The minimum atomic E-state index is -0.887. The molecule has 1 aliphatic heterocycles. The highest BCUT2D eigenvalue weighted by molar-refractivity contribution is 5.79. The molecule has 0 saturated carbocycles. The molecular weight excluding hydrogens is 452 g/mol. The van der Waals surface area contributed by atoms with Gasteiger partial charge in [0.25, 0.3) is 0 Å². The highest BCUT2D eigenvalue weighted by atomic mass is 16.6. The Morgan fingerprint density at radius 3 is 2.03 bits per heavy atom. The quantitative estimate of drug-likeness (QED) is 0.474. The number of aliphatic carboxylic acids is 1. The summed E-state index contributed by atoms with van der Waals surface area (Å²) in [6.45, 7) is 6.75. The lowest BCUT2D eigenvalue weighted by Gasteiger charge is -2.22. The number of hydrogen-bond acceptors (Lipinski definition) is 4. The predicted octanol–water partition coefficient (Wildman–Crippen LogP) is 5.58. The molecule has 1 N–H and O–H groups in total. The van der Waals surface area contributed by atoms with Gasteiger partial charge in [0.2, 0.25) is 0 Å². The number of carboxylic acid groups (broad SMARTS) is 1. The summed E-state index contributed by atoms with van der Waals surface area (Å²) in [4.78, 5) is 29.0. The fraction of sp³-hybridized carbons (Fsp3) is 0.333. The Bertz CT molecular complexity index is 1210. The molecule has 3 aromatic rings. The van der Waals surface area contributed by atoms with Gasteiger partial charge in [-0.3, -0.25) is 4.79 Å². The molecule has 36 heavy (non-hydrogen) atoms. The van der Waals surface area contributed by atoms with Crippen LogP contribution in [-0.4, -0.2) is 54.9 Å². The molecule has 3 aromatic carbocycles. The van der Waals surface area contributed by atoms with E-state index in [0.29, 0.717) is 6.54 Å². The molecule has 0 aromatic heterocycles. The van der Waals surface area contributed by atoms with Crippen molar-refractivity contribution < 1.29 is 19.4 Å². The van der Waals surface area contributed by atoms with E-state index in [2.05, 4.69) is 43.0 Å². The number of anilines is 1. The molecule has 6 heteroatoms. The lowest BCUT2D eigenvalue weighted by Crippen LogP contribution is -2.31. The molecule has 6 nitrogen and oxygen atoms in total. The average Bonchev–Trinajstić information content (AvgIpc) is 3.49. The van der Waals surface area contributed by atoms with E-state index in [1.165, 1.54) is 11.1 Å². The first-order valence-corrected chi connectivity index (χ1v) is 12.7. The van der Waals surface area contributed by atoms with E-state index in [-0.39, 0.29) is 25.0 Å². The third-order valence-electron chi connectivity index (χ3n) is 7.68. The molecule has 1 fully saturated rings. The number of hydrogen-bond donors (Lipinski definition) is 1. The number of carboxylic acids is 1. The van der Waals surface area contributed by atoms with Crippen molar-refractivity contribution in [3.63, 3.8) is 0 Å². The van der Waals surface area contributed by atoms with Crippen LogP contribution >= 0.6 is 0 Å². The molecule has 1 amide bonds. The summed E-state index contributed by atoms with van der Waals surface area (Å²) in [7, 11) is 0. The molecule has 1 aliphatic carbocycles. The zero-order valence-electron chi connectivity index (χ0n) is 20.8. The summed E-state index contributed by atoms with van der Waals surface area (Å²) >= 11 is 0. The van der Waals surface area contributed by atoms with Crippen LogP contribution in [0, 0.1) is 5.92 Å². The second-order valence-corrected chi connectivity index (χ2v) is 9.52. The van der Waals surface area contributed by atoms with Crippen molar-refractivity contribution in [3.05, 3.63) is 89.5 Å². The van der Waals surface area contributed by atoms with Gasteiger partial charge < -0.3 is 19.6 Å². The fourth-order valence-corrected chi connectivity index (χ4v) is 5.75. The van der Waals surface area contributed by atoms with E-state index in [1.54, 1.807) is 4.90 Å². The number of fused-ring (bicyclic) bond motifs is 3. The Balaban J connectivity index is 1.29. The third-order valence-corrected chi connectivity index (χ3v) is 7.68. The number of ether oxygens (including phenoxy) is 1. The first-order valence-electron chi connectivity index (χ1n) is 12.7. The zero-order chi connectivity index (χ0) is 25.2. The van der Waals surface area contributed by atoms with Gasteiger partial charge in [-0.15, -0.1) is 0 Å². The Morgan fingerprint density at radius 2 is 1.47 bits per heavy atom. The van der Waals surface area contributed by atoms with Crippen LogP contribution in [0.4, 0.5) is 10.5 Å². The lowest BCUT2D eigenvalue weighted by molar-refractivity contribution is -0.141. The van der Waals surface area contributed by atoms with Crippen molar-refractivity contribution in [1.82, 2.24) is 4.90 Å². The van der Waals surface area contributed by atoms with Gasteiger partial charge >= 0.3 is 12.1 Å². The van der Waals surface area contributed by atoms with Gasteiger partial charge in [0, 0.05) is 43.7 Å². The Labute approximate surface area is 212 Å². The smallest absolute Gasteiger partial charge is 0.409 e. The van der Waals surface area contributed by atoms with Crippen LogP contribution in [-0.2, 0) is 9.53 Å². The van der Waals surface area contributed by atoms with Crippen LogP contribution in [0.15, 0.2) is 72.8 Å². The number of rotatable bonds is 7. The predicted molar refractivity (Wildman–Crippen MR) is 141 cm³/mol. The third kappa shape index (κ3) is 4.32. The van der Waals surface area contributed by atoms with Crippen LogP contribution in [0.1, 0.15) is 42.4 Å². The van der Waals surface area contributed by atoms with E-state index in [9.17, 15) is 14.7 Å². The van der Waals surface area contributed by atoms with Crippen LogP contribution in [0.3, 0.4) is 0 Å². The first-order chi connectivity index (χ1) is 17.5. The summed E-state index contributed by atoms with van der Waals surface area (Å²) in [6.07, 6.45) is -0.453. The largest absolute Gasteiger partial charge is 0.481 e. The summed E-state index contributed by atoms with van der Waals surface area (Å²) in [5.41, 5.74) is 6.71. The van der Waals surface area contributed by atoms with E-state index < -0.39 is 18.0 Å². The van der Waals surface area contributed by atoms with Gasteiger partial charge in [-0.05, 0) is 53.8 Å². The highest BCUT2D eigenvalue weighted by Crippen LogP contribution is 2.44. The lowest BCUT2D eigenvalue weighted by atomic mass is 9.89. The number of benzene rings is 3. The highest BCUT2D eigenvalue weighted by Gasteiger charge is 2.41. The first kappa shape index (κ1) is 23.9. The van der Waals surface area contributed by atoms with Crippen molar-refractivity contribution in [1.29, 1.82) is 0 Å². The molecule has 0 spiro atoms. The summed E-state index contributed by atoms with van der Waals surface area (Å²) in [6, 6.07) is 24.5. The monoisotopic (exact) mass is 484 g/mol. The van der Waals surface area contributed by atoms with Crippen LogP contribution in [0.2, 0.25) is 0 Å². The molecule has 2 aliphatic rings. The maximum absolute atomic E-state index is 13.1. The Morgan fingerprint density at radius 1 is 0.889 bits per heavy atom. The molecule has 0 radical (unpaired) electrons. The van der Waals surface area contributed by atoms with Gasteiger partial charge in [-0.1, -0.05) is 60.7 Å². The molecule has 1 heterocycles. The van der Waals surface area contributed by atoms with Crippen LogP contribution in [0.5, 0.6) is 0 Å². The van der Waals surface area contributed by atoms with E-state index in [0.717, 1.165) is 35.5 Å². The number of nitrogens with zero attached hydrogens (tertiary/aromatic N) is 2. The van der Waals surface area contributed by atoms with Crippen LogP contribution < -0.4 is 4.90 Å². The second-order valence-electron chi connectivity index (χ2n) is 9.52. The SMILES string of the molecule is CCN(CC)c1ccc([C@@H]2CN(C(=O)OCC3c4ccccc4-c4ccccc43)C[C@H]2C(=O)O)cc1. The fourth-order valence-electron chi connectivity index (χ4n) is 5.75. The minimum Gasteiger partial charge on any atom is -0.481 e. The number of carbonyl (C=O) groups is 2. The van der Waals surface area contributed by atoms with Crippen molar-refractivity contribution in [2.75, 3.05) is 37.7 Å². The van der Waals surface area contributed by atoms with E-state index >= 15 is 0 Å². The zero-order valence-corrected chi connectivity index (χ0v) is 20.8. The Hall–Kier alpha value is -3.80. The summed E-state index contributed by atoms with van der Waals surface area (Å²) < 4.78 is 5.80. The average molecular weight is 485 g/mol. The van der Waals surface area contributed by atoms with Crippen molar-refractivity contribution in [2.45, 2.75) is 25.7 Å². The number of likely N-dealkylation sites (tertiary alicyclic amines) is 1. The molecule has 2 atom stereocenters. The molecular formula is C30H32N2O4. The van der Waals surface area contributed by atoms with Gasteiger partial charge in [-0.2, -0.15) is 0 Å². The normalized spacial score (nSPS) is 18.6. The van der Waals surface area contributed by atoms with Crippen molar-refractivity contribution >= 4 is 17.7 Å². The Kier molecular flexibility index (Phi) is 6.68. The van der Waals surface area contributed by atoms with Gasteiger partial charge in [0.15, 0.2) is 0 Å². The topological polar surface area (TPSA) is 70.1 Å². The van der Waals surface area contributed by atoms with E-state index in [1.807, 2.05) is 48.5 Å². The minimum absolute atomic E-state index is 0.0253. The number of amides is 1. The van der Waals surface area contributed by atoms with E-state index in [4.69, 9.17) is 4.74 Å². The van der Waals surface area contributed by atoms with Gasteiger partial charge in [-0.25, -0.2) is 4.79 Å². The van der Waals surface area contributed by atoms with Crippen molar-refractivity contribution in [2.24, 2.45) is 5.92 Å². The van der Waals surface area contributed by atoms with Gasteiger partial charge in [0.05, 0.1) is 5.92 Å². The molecule has 0 bridgehead atoms. The number of carbonyl (C=O) groups excluding carboxylic acids is 1.